The molecule has 2 heterocycles. The third-order valence-corrected chi connectivity index (χ3v) is 8.79. The summed E-state index contributed by atoms with van der Waals surface area (Å²) < 4.78 is 0. The molecule has 0 aliphatic carbocycles. The van der Waals surface area contributed by atoms with Gasteiger partial charge in [-0.2, -0.15) is 0 Å². The van der Waals surface area contributed by atoms with Crippen molar-refractivity contribution in [1.82, 2.24) is 20.5 Å². The lowest BCUT2D eigenvalue weighted by Gasteiger charge is -2.35. The van der Waals surface area contributed by atoms with E-state index in [1.807, 2.05) is 57.5 Å². The summed E-state index contributed by atoms with van der Waals surface area (Å²) in [5.74, 6) is -0.805. The molecule has 0 bridgehead atoms. The number of nitrogens with one attached hydrogen (secondary N) is 2. The summed E-state index contributed by atoms with van der Waals surface area (Å²) in [6, 6.07) is 6.37. The van der Waals surface area contributed by atoms with Crippen LogP contribution >= 0.6 is 27.3 Å². The molecule has 1 aliphatic heterocycles. The number of thiazole rings is 1. The monoisotopic (exact) mass is 634 g/mol. The predicted octanol–water partition coefficient (Wildman–Crippen LogP) is 4.96. The summed E-state index contributed by atoms with van der Waals surface area (Å²) >= 11 is 5.02. The molecule has 3 amide bonds. The Morgan fingerprint density at radius 1 is 1.12 bits per heavy atom. The number of benzene rings is 1. The van der Waals surface area contributed by atoms with Gasteiger partial charge in [-0.15, -0.1) is 11.3 Å². The van der Waals surface area contributed by atoms with Gasteiger partial charge in [0.05, 0.1) is 22.2 Å². The van der Waals surface area contributed by atoms with Gasteiger partial charge in [-0.25, -0.2) is 4.98 Å². The highest BCUT2D eigenvalue weighted by molar-refractivity contribution is 9.09. The number of unbranched alkanes of at least 4 members (excludes halogenated alkanes) is 4. The molecule has 1 fully saturated rings. The van der Waals surface area contributed by atoms with Crippen molar-refractivity contribution in [3.8, 4) is 10.4 Å². The smallest absolute Gasteiger partial charge is 0.246 e. The third kappa shape index (κ3) is 9.11. The molecule has 0 spiro atoms. The van der Waals surface area contributed by atoms with E-state index in [1.54, 1.807) is 11.3 Å². The van der Waals surface area contributed by atoms with E-state index in [2.05, 4.69) is 31.5 Å². The Hall–Kier alpha value is -2.30. The zero-order chi connectivity index (χ0) is 29.3. The Bertz CT molecular complexity index is 1130. The maximum Gasteiger partial charge on any atom is 0.246 e. The van der Waals surface area contributed by atoms with Gasteiger partial charge in [-0.1, -0.05) is 80.2 Å². The number of hydrogen-bond donors (Lipinski definition) is 3. The number of aliphatic hydroxyl groups is 1. The highest BCUT2D eigenvalue weighted by atomic mass is 79.9. The second-order valence-corrected chi connectivity index (χ2v) is 13.3. The van der Waals surface area contributed by atoms with Crippen molar-refractivity contribution in [2.75, 3.05) is 11.9 Å². The van der Waals surface area contributed by atoms with Crippen LogP contribution in [0.25, 0.3) is 10.4 Å². The molecule has 3 N–H and O–H groups in total. The number of nitrogens with zero attached hydrogens (tertiary/aromatic N) is 2. The Balaban J connectivity index is 1.59. The van der Waals surface area contributed by atoms with Gasteiger partial charge in [0.15, 0.2) is 0 Å². The molecule has 8 nitrogen and oxygen atoms in total. The highest BCUT2D eigenvalue weighted by Crippen LogP contribution is 2.28. The molecule has 1 aromatic carbocycles. The molecule has 1 aliphatic rings. The van der Waals surface area contributed by atoms with Crippen molar-refractivity contribution in [1.29, 1.82) is 0 Å². The molecule has 0 radical (unpaired) electrons. The van der Waals surface area contributed by atoms with Gasteiger partial charge in [-0.3, -0.25) is 14.4 Å². The van der Waals surface area contributed by atoms with Crippen LogP contribution in [0.15, 0.2) is 29.8 Å². The van der Waals surface area contributed by atoms with E-state index in [1.165, 1.54) is 4.90 Å². The second-order valence-electron chi connectivity index (χ2n) is 11.7. The van der Waals surface area contributed by atoms with E-state index >= 15 is 0 Å². The lowest BCUT2D eigenvalue weighted by Crippen LogP contribution is -2.57. The van der Waals surface area contributed by atoms with Crippen molar-refractivity contribution in [2.45, 2.75) is 97.4 Å². The first-order valence-corrected chi connectivity index (χ1v) is 16.1. The minimum Gasteiger partial charge on any atom is -0.391 e. The summed E-state index contributed by atoms with van der Waals surface area (Å²) in [5.41, 5.74) is 4.26. The Morgan fingerprint density at radius 2 is 1.80 bits per heavy atom. The average molecular weight is 636 g/mol. The first kappa shape index (κ1) is 32.2. The molecule has 1 unspecified atom stereocenters. The molecular formula is C30H43BrN4O4S. The zero-order valence-electron chi connectivity index (χ0n) is 24.0. The average Bonchev–Trinajstić information content (AvgIpc) is 3.52. The second kappa shape index (κ2) is 15.1. The summed E-state index contributed by atoms with van der Waals surface area (Å²) in [6.07, 6.45) is 4.83. The fourth-order valence-corrected chi connectivity index (χ4v) is 6.13. The first-order valence-electron chi connectivity index (χ1n) is 14.1. The number of hydrogen-bond acceptors (Lipinski definition) is 6. The molecule has 0 saturated carbocycles. The number of halogens is 1. The van der Waals surface area contributed by atoms with Crippen LogP contribution in [0.4, 0.5) is 0 Å². The van der Waals surface area contributed by atoms with Gasteiger partial charge in [0.1, 0.15) is 12.1 Å². The van der Waals surface area contributed by atoms with E-state index in [9.17, 15) is 19.5 Å². The maximum atomic E-state index is 13.7. The molecule has 3 atom stereocenters. The fourth-order valence-electron chi connectivity index (χ4n) is 4.92. The number of aryl methyl sites for hydroxylation is 1. The van der Waals surface area contributed by atoms with Crippen LogP contribution in [-0.2, 0) is 20.9 Å². The molecule has 10 heteroatoms. The quantitative estimate of drug-likeness (QED) is 0.213. The molecule has 1 aromatic heterocycles. The molecule has 3 rings (SSSR count). The van der Waals surface area contributed by atoms with E-state index in [-0.39, 0.29) is 30.7 Å². The van der Waals surface area contributed by atoms with E-state index in [0.717, 1.165) is 59.1 Å². The summed E-state index contributed by atoms with van der Waals surface area (Å²) in [7, 11) is 0. The van der Waals surface area contributed by atoms with Crippen LogP contribution in [0.1, 0.15) is 77.0 Å². The molecule has 2 aromatic rings. The SMILES string of the molecule is Cc1ncsc1-c1ccc(CNC(=O)[C@@H]2C[C@@H](O)CN2C(=O)C(NC(=O)CCCCCCCBr)C(C)(C)C)cc1. The number of rotatable bonds is 13. The van der Waals surface area contributed by atoms with Gasteiger partial charge < -0.3 is 20.6 Å². The van der Waals surface area contributed by atoms with Crippen molar-refractivity contribution < 1.29 is 19.5 Å². The fraction of sp³-hybridized carbons (Fsp3) is 0.600. The minimum atomic E-state index is -0.795. The Labute approximate surface area is 250 Å². The summed E-state index contributed by atoms with van der Waals surface area (Å²) in [4.78, 5) is 46.5. The van der Waals surface area contributed by atoms with Crippen molar-refractivity contribution in [2.24, 2.45) is 5.41 Å². The Morgan fingerprint density at radius 3 is 2.42 bits per heavy atom. The van der Waals surface area contributed by atoms with Crippen LogP contribution < -0.4 is 10.6 Å². The van der Waals surface area contributed by atoms with Crippen molar-refractivity contribution >= 4 is 45.0 Å². The topological polar surface area (TPSA) is 112 Å². The summed E-state index contributed by atoms with van der Waals surface area (Å²) in [6.45, 7) is 8.05. The van der Waals surface area contributed by atoms with Crippen LogP contribution in [0.3, 0.4) is 0 Å². The Kier molecular flexibility index (Phi) is 12.1. The lowest BCUT2D eigenvalue weighted by atomic mass is 9.85. The number of likely N-dealkylation sites (tertiary alicyclic amines) is 1. The normalized spacial score (nSPS) is 18.0. The van der Waals surface area contributed by atoms with Gasteiger partial charge in [0, 0.05) is 31.3 Å². The van der Waals surface area contributed by atoms with Crippen molar-refractivity contribution in [3.63, 3.8) is 0 Å². The standard InChI is InChI=1S/C30H43BrN4O4S/c1-20-26(40-19-33-20)22-13-11-21(12-14-22)17-32-28(38)24-16-23(36)18-35(24)29(39)27(30(2,3)4)34-25(37)10-8-6-5-7-9-15-31/h11-14,19,23-24,27,36H,5-10,15-18H2,1-4H3,(H,32,38)(H,34,37)/t23-,24+,27?/m1/s1. The van der Waals surface area contributed by atoms with Crippen LogP contribution in [-0.4, -0.2) is 62.8 Å². The number of alkyl halides is 1. The van der Waals surface area contributed by atoms with Gasteiger partial charge in [0.2, 0.25) is 17.7 Å². The highest BCUT2D eigenvalue weighted by Gasteiger charge is 2.44. The van der Waals surface area contributed by atoms with Crippen LogP contribution in [0.5, 0.6) is 0 Å². The number of carbonyl (C=O) groups excluding carboxylic acids is 3. The number of carbonyl (C=O) groups is 3. The van der Waals surface area contributed by atoms with Gasteiger partial charge >= 0.3 is 0 Å². The molecule has 1 saturated heterocycles. The van der Waals surface area contributed by atoms with Crippen molar-refractivity contribution in [3.05, 3.63) is 41.0 Å². The molecular weight excluding hydrogens is 592 g/mol. The number of amides is 3. The van der Waals surface area contributed by atoms with E-state index in [0.29, 0.717) is 13.0 Å². The van der Waals surface area contributed by atoms with E-state index in [4.69, 9.17) is 0 Å². The van der Waals surface area contributed by atoms with Crippen LogP contribution in [0, 0.1) is 12.3 Å². The largest absolute Gasteiger partial charge is 0.391 e. The predicted molar refractivity (Wildman–Crippen MR) is 163 cm³/mol. The minimum absolute atomic E-state index is 0.0653. The number of β-amino-alcohol motifs (C(OH)–C–C–N with tert-alkyl or cyclic N) is 1. The van der Waals surface area contributed by atoms with Crippen LogP contribution in [0.2, 0.25) is 0 Å². The lowest BCUT2D eigenvalue weighted by molar-refractivity contribution is -0.144. The molecule has 40 heavy (non-hydrogen) atoms. The van der Waals surface area contributed by atoms with E-state index < -0.39 is 23.6 Å². The van der Waals surface area contributed by atoms with Gasteiger partial charge in [0.25, 0.3) is 0 Å². The molecule has 220 valence electrons. The number of aromatic nitrogens is 1. The van der Waals surface area contributed by atoms with Gasteiger partial charge in [-0.05, 0) is 36.3 Å². The summed E-state index contributed by atoms with van der Waals surface area (Å²) in [5, 5.41) is 17.3. The first-order chi connectivity index (χ1) is 19.0. The third-order valence-electron chi connectivity index (χ3n) is 7.25. The maximum absolute atomic E-state index is 13.7. The zero-order valence-corrected chi connectivity index (χ0v) is 26.4. The number of aliphatic hydroxyl groups excluding tert-OH is 1.